The lowest BCUT2D eigenvalue weighted by Gasteiger charge is -2.37. The molecule has 0 aromatic heterocycles. The van der Waals surface area contributed by atoms with Gasteiger partial charge >= 0.3 is 0 Å². The van der Waals surface area contributed by atoms with Gasteiger partial charge in [0.2, 0.25) is 5.91 Å². The van der Waals surface area contributed by atoms with Gasteiger partial charge in [-0.15, -0.1) is 0 Å². The topological polar surface area (TPSA) is 52.6 Å². The van der Waals surface area contributed by atoms with E-state index in [1.807, 2.05) is 29.2 Å². The predicted octanol–water partition coefficient (Wildman–Crippen LogP) is 1.31. The molecule has 1 aliphatic rings. The summed E-state index contributed by atoms with van der Waals surface area (Å²) in [7, 11) is 0. The second-order valence-corrected chi connectivity index (χ2v) is 5.21. The van der Waals surface area contributed by atoms with Crippen LogP contribution in [0.5, 0.6) is 0 Å². The van der Waals surface area contributed by atoms with E-state index < -0.39 is 0 Å². The largest absolute Gasteiger partial charge is 0.396 e. The summed E-state index contributed by atoms with van der Waals surface area (Å²) in [6.07, 6.45) is 0. The molecule has 1 saturated heterocycles. The van der Waals surface area contributed by atoms with Crippen LogP contribution in [0.15, 0.2) is 28.7 Å². The first kappa shape index (κ1) is 12.5. The molecule has 0 radical (unpaired) electrons. The Hall–Kier alpha value is -0.910. The second kappa shape index (κ2) is 5.62. The van der Waals surface area contributed by atoms with Gasteiger partial charge in [0.05, 0.1) is 6.54 Å². The van der Waals surface area contributed by atoms with Crippen LogP contribution in [0.2, 0.25) is 0 Å². The first-order valence-corrected chi connectivity index (χ1v) is 6.35. The van der Waals surface area contributed by atoms with E-state index >= 15 is 0 Å². The average molecular weight is 299 g/mol. The van der Waals surface area contributed by atoms with Gasteiger partial charge in [-0.3, -0.25) is 9.69 Å². The Morgan fingerprint density at radius 2 is 2.06 bits per heavy atom. The summed E-state index contributed by atoms with van der Waals surface area (Å²) in [6, 6.07) is 7.49. The molecule has 0 aliphatic carbocycles. The number of aliphatic hydroxyl groups is 1. The molecule has 2 rings (SSSR count). The maximum atomic E-state index is 11.7. The Morgan fingerprint density at radius 3 is 2.65 bits per heavy atom. The van der Waals surface area contributed by atoms with Crippen LogP contribution < -0.4 is 5.32 Å². The summed E-state index contributed by atoms with van der Waals surface area (Å²) >= 11 is 3.34. The smallest absolute Gasteiger partial charge is 0.238 e. The van der Waals surface area contributed by atoms with E-state index in [0.717, 1.165) is 23.2 Å². The molecule has 92 valence electrons. The Kier molecular flexibility index (Phi) is 4.15. The first-order valence-electron chi connectivity index (χ1n) is 5.56. The van der Waals surface area contributed by atoms with Crippen LogP contribution >= 0.6 is 15.9 Å². The molecular weight excluding hydrogens is 284 g/mol. The molecule has 1 amide bonds. The zero-order valence-electron chi connectivity index (χ0n) is 9.40. The van der Waals surface area contributed by atoms with Crippen molar-refractivity contribution in [3.63, 3.8) is 0 Å². The number of hydrogen-bond acceptors (Lipinski definition) is 3. The fraction of sp³-hybridized carbons (Fsp3) is 0.417. The van der Waals surface area contributed by atoms with E-state index in [-0.39, 0.29) is 12.5 Å². The summed E-state index contributed by atoms with van der Waals surface area (Å²) in [5.74, 6) is 0.333. The van der Waals surface area contributed by atoms with Gasteiger partial charge in [0.25, 0.3) is 0 Å². The molecule has 17 heavy (non-hydrogen) atoms. The number of hydrogen-bond donors (Lipinski definition) is 2. The molecule has 0 atom stereocenters. The number of carbonyl (C=O) groups is 1. The van der Waals surface area contributed by atoms with Crippen molar-refractivity contribution in [1.82, 2.24) is 4.90 Å². The van der Waals surface area contributed by atoms with Crippen molar-refractivity contribution < 1.29 is 9.90 Å². The molecule has 0 saturated carbocycles. The summed E-state index contributed by atoms with van der Waals surface area (Å²) in [5, 5.41) is 11.7. The molecule has 0 unspecified atom stereocenters. The van der Waals surface area contributed by atoms with E-state index in [2.05, 4.69) is 21.2 Å². The van der Waals surface area contributed by atoms with Crippen LogP contribution in [-0.2, 0) is 4.79 Å². The highest BCUT2D eigenvalue weighted by atomic mass is 79.9. The lowest BCUT2D eigenvalue weighted by molar-refractivity contribution is -0.119. The minimum Gasteiger partial charge on any atom is -0.396 e. The molecule has 5 heteroatoms. The maximum absolute atomic E-state index is 11.7. The molecular formula is C12H15BrN2O2. The highest BCUT2D eigenvalue weighted by Crippen LogP contribution is 2.16. The van der Waals surface area contributed by atoms with Gasteiger partial charge in [0.1, 0.15) is 0 Å². The number of nitrogens with one attached hydrogen (secondary N) is 1. The lowest BCUT2D eigenvalue weighted by Crippen LogP contribution is -2.51. The van der Waals surface area contributed by atoms with Crippen LogP contribution in [0.3, 0.4) is 0 Å². The average Bonchev–Trinajstić information content (AvgIpc) is 2.26. The van der Waals surface area contributed by atoms with Gasteiger partial charge in [0.15, 0.2) is 0 Å². The van der Waals surface area contributed by atoms with Crippen molar-refractivity contribution in [2.45, 2.75) is 0 Å². The predicted molar refractivity (Wildman–Crippen MR) is 69.8 cm³/mol. The molecule has 1 heterocycles. The van der Waals surface area contributed by atoms with Crippen LogP contribution in [0.4, 0.5) is 5.69 Å². The summed E-state index contributed by atoms with van der Waals surface area (Å²) in [6.45, 7) is 2.23. The normalized spacial score (nSPS) is 16.6. The molecule has 1 aliphatic heterocycles. The van der Waals surface area contributed by atoms with E-state index in [0.29, 0.717) is 12.5 Å². The second-order valence-electron chi connectivity index (χ2n) is 4.30. The fourth-order valence-electron chi connectivity index (χ4n) is 1.86. The van der Waals surface area contributed by atoms with Crippen molar-refractivity contribution in [3.05, 3.63) is 28.7 Å². The van der Waals surface area contributed by atoms with E-state index in [9.17, 15) is 4.79 Å². The molecule has 0 spiro atoms. The van der Waals surface area contributed by atoms with Gasteiger partial charge in [-0.05, 0) is 24.3 Å². The van der Waals surface area contributed by atoms with Crippen molar-refractivity contribution in [2.24, 2.45) is 5.92 Å². The van der Waals surface area contributed by atoms with Crippen LogP contribution in [0.1, 0.15) is 0 Å². The fourth-order valence-corrected chi connectivity index (χ4v) is 2.12. The summed E-state index contributed by atoms with van der Waals surface area (Å²) < 4.78 is 0.990. The number of amides is 1. The number of rotatable bonds is 4. The zero-order chi connectivity index (χ0) is 12.3. The Morgan fingerprint density at radius 1 is 1.41 bits per heavy atom. The number of benzene rings is 1. The van der Waals surface area contributed by atoms with Gasteiger partial charge in [-0.2, -0.15) is 0 Å². The highest BCUT2D eigenvalue weighted by Gasteiger charge is 2.27. The Labute approximate surface area is 109 Å². The number of carbonyl (C=O) groups excluding carboxylic acids is 1. The molecule has 1 aromatic rings. The molecule has 1 aromatic carbocycles. The van der Waals surface area contributed by atoms with Crippen molar-refractivity contribution in [1.29, 1.82) is 0 Å². The SMILES string of the molecule is O=C(CN1CC(CO)C1)Nc1ccc(Br)cc1. The monoisotopic (exact) mass is 298 g/mol. The summed E-state index contributed by atoms with van der Waals surface area (Å²) in [4.78, 5) is 13.7. The quantitative estimate of drug-likeness (QED) is 0.881. The van der Waals surface area contributed by atoms with Crippen LogP contribution in [-0.4, -0.2) is 42.2 Å². The third-order valence-corrected chi connectivity index (χ3v) is 3.31. The van der Waals surface area contributed by atoms with E-state index in [1.165, 1.54) is 0 Å². The molecule has 0 bridgehead atoms. The minimum absolute atomic E-state index is 0.0105. The lowest BCUT2D eigenvalue weighted by atomic mass is 10.0. The number of anilines is 1. The van der Waals surface area contributed by atoms with Crippen molar-refractivity contribution in [3.8, 4) is 0 Å². The van der Waals surface area contributed by atoms with Gasteiger partial charge in [-0.1, -0.05) is 15.9 Å². The maximum Gasteiger partial charge on any atom is 0.238 e. The Balaban J connectivity index is 1.76. The summed E-state index contributed by atoms with van der Waals surface area (Å²) in [5.41, 5.74) is 0.803. The number of halogens is 1. The third kappa shape index (κ3) is 3.52. The number of likely N-dealkylation sites (tertiary alicyclic amines) is 1. The molecule has 2 N–H and O–H groups in total. The first-order chi connectivity index (χ1) is 8.17. The minimum atomic E-state index is -0.0105. The molecule has 4 nitrogen and oxygen atoms in total. The van der Waals surface area contributed by atoms with Crippen molar-refractivity contribution in [2.75, 3.05) is 31.6 Å². The van der Waals surface area contributed by atoms with Gasteiger partial charge in [0, 0.05) is 35.8 Å². The van der Waals surface area contributed by atoms with Gasteiger partial charge < -0.3 is 10.4 Å². The van der Waals surface area contributed by atoms with Crippen molar-refractivity contribution >= 4 is 27.5 Å². The van der Waals surface area contributed by atoms with Crippen LogP contribution in [0, 0.1) is 5.92 Å². The Bertz CT molecular complexity index is 388. The van der Waals surface area contributed by atoms with Crippen LogP contribution in [0.25, 0.3) is 0 Å². The third-order valence-electron chi connectivity index (χ3n) is 2.79. The molecule has 1 fully saturated rings. The number of aliphatic hydroxyl groups excluding tert-OH is 1. The number of nitrogens with zero attached hydrogens (tertiary/aromatic N) is 1. The zero-order valence-corrected chi connectivity index (χ0v) is 11.0. The highest BCUT2D eigenvalue weighted by molar-refractivity contribution is 9.10. The standard InChI is InChI=1S/C12H15BrN2O2/c13-10-1-3-11(4-2-10)14-12(17)7-15-5-9(6-15)8-16/h1-4,9,16H,5-8H2,(H,14,17). The van der Waals surface area contributed by atoms with Gasteiger partial charge in [-0.25, -0.2) is 0 Å². The van der Waals surface area contributed by atoms with E-state index in [1.54, 1.807) is 0 Å². The van der Waals surface area contributed by atoms with E-state index in [4.69, 9.17) is 5.11 Å².